The molecule has 0 saturated carbocycles. The van der Waals surface area contributed by atoms with Crippen molar-refractivity contribution < 1.29 is 23.7 Å². The van der Waals surface area contributed by atoms with Gasteiger partial charge in [0.1, 0.15) is 29.3 Å². The fraction of sp³-hybridized carbons (Fsp3) is 0.444. The lowest BCUT2D eigenvalue weighted by Crippen LogP contribution is -2.26. The first kappa shape index (κ1) is 17.8. The highest BCUT2D eigenvalue weighted by Gasteiger charge is 2.30. The Morgan fingerprint density at radius 1 is 1.38 bits per heavy atom. The number of carbonyl (C=O) groups excluding carboxylic acids is 1. The van der Waals surface area contributed by atoms with Gasteiger partial charge in [-0.05, 0) is 25.2 Å². The van der Waals surface area contributed by atoms with Crippen LogP contribution < -0.4 is 0 Å². The molecule has 2 unspecified atom stereocenters. The van der Waals surface area contributed by atoms with Gasteiger partial charge in [-0.15, -0.1) is 0 Å². The summed E-state index contributed by atoms with van der Waals surface area (Å²) < 4.78 is 21.8. The van der Waals surface area contributed by atoms with Gasteiger partial charge in [-0.3, -0.25) is 0 Å². The van der Waals surface area contributed by atoms with Crippen molar-refractivity contribution in [2.45, 2.75) is 32.0 Å². The van der Waals surface area contributed by atoms with E-state index in [0.717, 1.165) is 0 Å². The molecule has 0 N–H and O–H groups in total. The molecule has 6 nitrogen and oxygen atoms in total. The van der Waals surface area contributed by atoms with Crippen LogP contribution in [0.15, 0.2) is 47.0 Å². The second kappa shape index (κ2) is 8.37. The van der Waals surface area contributed by atoms with Gasteiger partial charge < -0.3 is 18.9 Å². The van der Waals surface area contributed by atoms with E-state index in [4.69, 9.17) is 24.2 Å². The molecule has 2 atom stereocenters. The molecule has 24 heavy (non-hydrogen) atoms. The minimum atomic E-state index is -0.486. The van der Waals surface area contributed by atoms with Crippen molar-refractivity contribution in [3.63, 3.8) is 0 Å². The predicted molar refractivity (Wildman–Crippen MR) is 86.5 cm³/mol. The number of nitriles is 1. The maximum absolute atomic E-state index is 12.5. The van der Waals surface area contributed by atoms with E-state index in [0.29, 0.717) is 42.1 Å². The summed E-state index contributed by atoms with van der Waals surface area (Å²) in [6, 6.07) is 2.05. The monoisotopic (exact) mass is 331 g/mol. The number of hydrogen-bond acceptors (Lipinski definition) is 6. The summed E-state index contributed by atoms with van der Waals surface area (Å²) >= 11 is 0. The number of methoxy groups -OCH3 is 2. The highest BCUT2D eigenvalue weighted by Crippen LogP contribution is 2.29. The summed E-state index contributed by atoms with van der Waals surface area (Å²) in [5.74, 6) is 0.586. The predicted octanol–water partition coefficient (Wildman–Crippen LogP) is 2.55. The third kappa shape index (κ3) is 4.06. The quantitative estimate of drug-likeness (QED) is 0.696. The van der Waals surface area contributed by atoms with Gasteiger partial charge >= 0.3 is 5.97 Å². The van der Waals surface area contributed by atoms with Gasteiger partial charge in [-0.2, -0.15) is 5.26 Å². The first-order valence-electron chi connectivity index (χ1n) is 7.76. The number of hydrogen-bond donors (Lipinski definition) is 0. The molecule has 0 aromatic heterocycles. The van der Waals surface area contributed by atoms with E-state index in [1.165, 1.54) is 14.2 Å². The van der Waals surface area contributed by atoms with Crippen LogP contribution in [0.25, 0.3) is 0 Å². The fourth-order valence-corrected chi connectivity index (χ4v) is 2.57. The van der Waals surface area contributed by atoms with Gasteiger partial charge in [0, 0.05) is 25.0 Å². The molecule has 0 heterocycles. The lowest BCUT2D eigenvalue weighted by molar-refractivity contribution is -0.142. The second-order valence-electron chi connectivity index (χ2n) is 5.25. The van der Waals surface area contributed by atoms with E-state index in [-0.39, 0.29) is 6.10 Å². The van der Waals surface area contributed by atoms with E-state index in [1.807, 2.05) is 6.92 Å². The van der Waals surface area contributed by atoms with Crippen molar-refractivity contribution in [2.24, 2.45) is 0 Å². The van der Waals surface area contributed by atoms with Crippen LogP contribution in [0.3, 0.4) is 0 Å². The Bertz CT molecular complexity index is 651. The van der Waals surface area contributed by atoms with Gasteiger partial charge in [0.25, 0.3) is 0 Å². The lowest BCUT2D eigenvalue weighted by Gasteiger charge is -2.26. The zero-order valence-corrected chi connectivity index (χ0v) is 14.1. The molecule has 2 rings (SSSR count). The summed E-state index contributed by atoms with van der Waals surface area (Å²) in [6.07, 6.45) is 6.91. The molecule has 0 aromatic carbocycles. The third-order valence-corrected chi connectivity index (χ3v) is 3.79. The smallest absolute Gasteiger partial charge is 0.342 e. The van der Waals surface area contributed by atoms with Crippen LogP contribution in [-0.2, 0) is 23.7 Å². The number of allylic oxidation sites excluding steroid dienone is 2. The van der Waals surface area contributed by atoms with Crippen LogP contribution >= 0.6 is 0 Å². The Kier molecular flexibility index (Phi) is 6.21. The van der Waals surface area contributed by atoms with Crippen molar-refractivity contribution >= 4 is 5.97 Å². The first-order chi connectivity index (χ1) is 11.6. The van der Waals surface area contributed by atoms with E-state index in [2.05, 4.69) is 6.07 Å². The molecule has 128 valence electrons. The Hall–Kier alpha value is -2.52. The molecule has 0 fully saturated rings. The summed E-state index contributed by atoms with van der Waals surface area (Å²) in [5.41, 5.74) is 0.895. The van der Waals surface area contributed by atoms with Gasteiger partial charge in [0.05, 0.1) is 20.3 Å². The van der Waals surface area contributed by atoms with Crippen LogP contribution in [-0.4, -0.2) is 39.0 Å². The lowest BCUT2D eigenvalue weighted by atomic mass is 10.0. The molecule has 0 spiro atoms. The van der Waals surface area contributed by atoms with Gasteiger partial charge in [0.2, 0.25) is 0 Å². The normalized spacial score (nSPS) is 23.1. The Morgan fingerprint density at radius 2 is 2.17 bits per heavy atom. The number of carbonyl (C=O) groups is 1. The molecule has 2 aliphatic rings. The summed E-state index contributed by atoms with van der Waals surface area (Å²) in [6.45, 7) is 2.42. The van der Waals surface area contributed by atoms with Crippen LogP contribution in [0.4, 0.5) is 0 Å². The SMILES string of the molecule is CCOC1CC(OC)=C(C(=O)OC2C=CC(C#N)=CC2)C=C1OC. The van der Waals surface area contributed by atoms with E-state index < -0.39 is 12.1 Å². The van der Waals surface area contributed by atoms with Crippen molar-refractivity contribution in [3.05, 3.63) is 47.0 Å². The Labute approximate surface area is 141 Å². The van der Waals surface area contributed by atoms with Gasteiger partial charge in [-0.25, -0.2) is 4.79 Å². The van der Waals surface area contributed by atoms with Crippen molar-refractivity contribution in [1.82, 2.24) is 0 Å². The Balaban J connectivity index is 2.13. The number of rotatable bonds is 6. The van der Waals surface area contributed by atoms with Crippen LogP contribution in [0, 0.1) is 11.3 Å². The molecule has 6 heteroatoms. The highest BCUT2D eigenvalue weighted by atomic mass is 16.5. The van der Waals surface area contributed by atoms with Crippen molar-refractivity contribution in [1.29, 1.82) is 5.26 Å². The minimum absolute atomic E-state index is 0.276. The number of esters is 1. The van der Waals surface area contributed by atoms with Crippen molar-refractivity contribution in [2.75, 3.05) is 20.8 Å². The fourth-order valence-electron chi connectivity index (χ4n) is 2.57. The second-order valence-corrected chi connectivity index (χ2v) is 5.25. The molecule has 0 radical (unpaired) electrons. The van der Waals surface area contributed by atoms with Gasteiger partial charge in [-0.1, -0.05) is 6.08 Å². The molecule has 0 aliphatic heterocycles. The third-order valence-electron chi connectivity index (χ3n) is 3.79. The zero-order valence-electron chi connectivity index (χ0n) is 14.1. The average molecular weight is 331 g/mol. The molecule has 0 saturated heterocycles. The Morgan fingerprint density at radius 3 is 2.71 bits per heavy atom. The number of nitrogens with zero attached hydrogens (tertiary/aromatic N) is 1. The van der Waals surface area contributed by atoms with Crippen LogP contribution in [0.5, 0.6) is 0 Å². The average Bonchev–Trinajstić information content (AvgIpc) is 2.62. The van der Waals surface area contributed by atoms with E-state index in [9.17, 15) is 4.79 Å². The topological polar surface area (TPSA) is 77.8 Å². The molecular formula is C18H21NO5. The van der Waals surface area contributed by atoms with Crippen LogP contribution in [0.1, 0.15) is 19.8 Å². The molecule has 2 aliphatic carbocycles. The highest BCUT2D eigenvalue weighted by molar-refractivity contribution is 5.93. The maximum atomic E-state index is 12.5. The maximum Gasteiger partial charge on any atom is 0.342 e. The molecule has 0 bridgehead atoms. The minimum Gasteiger partial charge on any atom is -0.500 e. The van der Waals surface area contributed by atoms with Crippen LogP contribution in [0.2, 0.25) is 0 Å². The van der Waals surface area contributed by atoms with Gasteiger partial charge in [0.15, 0.2) is 0 Å². The largest absolute Gasteiger partial charge is 0.500 e. The van der Waals surface area contributed by atoms with E-state index >= 15 is 0 Å². The summed E-state index contributed by atoms with van der Waals surface area (Å²) in [5, 5.41) is 8.82. The molecule has 0 aromatic rings. The number of ether oxygens (including phenoxy) is 4. The van der Waals surface area contributed by atoms with Crippen molar-refractivity contribution in [3.8, 4) is 6.07 Å². The summed E-state index contributed by atoms with van der Waals surface area (Å²) in [4.78, 5) is 12.5. The molecular weight excluding hydrogens is 310 g/mol. The summed E-state index contributed by atoms with van der Waals surface area (Å²) in [7, 11) is 3.05. The zero-order chi connectivity index (χ0) is 17.5. The standard InChI is InChI=1S/C18H21NO5/c1-4-23-17-10-15(21-2)14(9-16(17)22-3)18(20)24-13-7-5-12(11-19)6-8-13/h5-7,9,13,17H,4,8,10H2,1-3H3. The van der Waals surface area contributed by atoms with E-state index in [1.54, 1.807) is 24.3 Å². The molecule has 0 amide bonds. The first-order valence-corrected chi connectivity index (χ1v) is 7.76.